The molecule has 2 saturated carbocycles. The first-order valence-electron chi connectivity index (χ1n) is 11.6. The molecule has 0 unspecified atom stereocenters. The van der Waals surface area contributed by atoms with Crippen molar-refractivity contribution in [2.24, 2.45) is 17.3 Å². The zero-order chi connectivity index (χ0) is 21.6. The molecule has 1 aromatic carbocycles. The normalized spacial score (nSPS) is 27.1. The van der Waals surface area contributed by atoms with Crippen molar-refractivity contribution in [2.45, 2.75) is 77.3 Å². The molecule has 0 aromatic heterocycles. The van der Waals surface area contributed by atoms with Crippen LogP contribution in [0.2, 0.25) is 0 Å². The molecule has 2 atom stereocenters. The number of benzene rings is 1. The smallest absolute Gasteiger partial charge is 0.309 e. The fourth-order valence-corrected chi connectivity index (χ4v) is 4.73. The van der Waals surface area contributed by atoms with Crippen LogP contribution in [0.3, 0.4) is 0 Å². The van der Waals surface area contributed by atoms with Gasteiger partial charge in [-0.1, -0.05) is 42.0 Å². The monoisotopic (exact) mass is 413 g/mol. The maximum atomic E-state index is 11.3. The lowest BCUT2D eigenvalue weighted by molar-refractivity contribution is -0.147. The first kappa shape index (κ1) is 23.0. The van der Waals surface area contributed by atoms with Gasteiger partial charge >= 0.3 is 5.97 Å². The highest BCUT2D eigenvalue weighted by atomic mass is 16.5. The quantitative estimate of drug-likeness (QED) is 0.500. The van der Waals surface area contributed by atoms with E-state index in [0.717, 1.165) is 25.9 Å². The van der Waals surface area contributed by atoms with Crippen molar-refractivity contribution >= 4 is 12.0 Å². The van der Waals surface area contributed by atoms with Gasteiger partial charge in [0, 0.05) is 25.8 Å². The first-order valence-corrected chi connectivity index (χ1v) is 11.6. The van der Waals surface area contributed by atoms with E-state index < -0.39 is 11.4 Å². The third-order valence-electron chi connectivity index (χ3n) is 7.07. The van der Waals surface area contributed by atoms with Crippen LogP contribution in [0.5, 0.6) is 0 Å². The van der Waals surface area contributed by atoms with E-state index in [-0.39, 0.29) is 0 Å². The number of carboxylic acid groups (broad SMARTS) is 1. The topological polar surface area (TPSA) is 58.6 Å². The van der Waals surface area contributed by atoms with E-state index in [2.05, 4.69) is 41.7 Å². The average molecular weight is 414 g/mol. The Balaban J connectivity index is 1.44. The van der Waals surface area contributed by atoms with Gasteiger partial charge in [-0.25, -0.2) is 0 Å². The van der Waals surface area contributed by atoms with Gasteiger partial charge in [-0.05, 0) is 82.6 Å². The van der Waals surface area contributed by atoms with Crippen molar-refractivity contribution in [3.05, 3.63) is 41.5 Å². The van der Waals surface area contributed by atoms with E-state index in [4.69, 9.17) is 4.74 Å². The molecule has 0 radical (unpaired) electrons. The first-order chi connectivity index (χ1) is 14.4. The molecule has 2 N–H and O–H groups in total. The fraction of sp³-hybridized carbons (Fsp3) is 0.654. The van der Waals surface area contributed by atoms with Crippen LogP contribution in [0.25, 0.3) is 6.08 Å². The highest BCUT2D eigenvalue weighted by molar-refractivity contribution is 5.73. The number of nitrogens with one attached hydrogen (secondary N) is 1. The minimum atomic E-state index is -0.675. The highest BCUT2D eigenvalue weighted by Gasteiger charge is 2.41. The van der Waals surface area contributed by atoms with Crippen molar-refractivity contribution < 1.29 is 14.6 Å². The summed E-state index contributed by atoms with van der Waals surface area (Å²) in [5.74, 6) is 0.645. The molecule has 1 aromatic rings. The third-order valence-corrected chi connectivity index (χ3v) is 7.07. The maximum absolute atomic E-state index is 11.3. The van der Waals surface area contributed by atoms with Crippen LogP contribution in [0.4, 0.5) is 0 Å². The van der Waals surface area contributed by atoms with Gasteiger partial charge in [0.25, 0.3) is 0 Å². The Morgan fingerprint density at radius 2 is 1.90 bits per heavy atom. The Hall–Kier alpha value is -1.65. The van der Waals surface area contributed by atoms with Gasteiger partial charge in [-0.15, -0.1) is 0 Å². The largest absolute Gasteiger partial charge is 0.481 e. The summed E-state index contributed by atoms with van der Waals surface area (Å²) in [6.07, 6.45) is 11.3. The Bertz CT molecular complexity index is 704. The van der Waals surface area contributed by atoms with Crippen LogP contribution >= 0.6 is 0 Å². The molecule has 2 fully saturated rings. The molecule has 3 rings (SSSR count). The van der Waals surface area contributed by atoms with Crippen LogP contribution in [0.1, 0.15) is 70.8 Å². The van der Waals surface area contributed by atoms with Gasteiger partial charge in [0.1, 0.15) is 0 Å². The summed E-state index contributed by atoms with van der Waals surface area (Å²) in [4.78, 5) is 11.3. The molecule has 0 aliphatic heterocycles. The molecule has 2 aliphatic rings. The van der Waals surface area contributed by atoms with Gasteiger partial charge in [-0.2, -0.15) is 0 Å². The third kappa shape index (κ3) is 6.68. The van der Waals surface area contributed by atoms with Crippen molar-refractivity contribution in [1.29, 1.82) is 0 Å². The second-order valence-corrected chi connectivity index (χ2v) is 9.93. The Kier molecular flexibility index (Phi) is 8.13. The van der Waals surface area contributed by atoms with E-state index >= 15 is 0 Å². The minimum Gasteiger partial charge on any atom is -0.481 e. The van der Waals surface area contributed by atoms with Crippen molar-refractivity contribution in [2.75, 3.05) is 13.7 Å². The second-order valence-electron chi connectivity index (χ2n) is 9.93. The van der Waals surface area contributed by atoms with Gasteiger partial charge in [0.2, 0.25) is 0 Å². The molecule has 0 bridgehead atoms. The van der Waals surface area contributed by atoms with Crippen LogP contribution in [-0.2, 0) is 9.53 Å². The summed E-state index contributed by atoms with van der Waals surface area (Å²) in [6.45, 7) is 4.47. The molecule has 0 saturated heterocycles. The molecule has 166 valence electrons. The zero-order valence-corrected chi connectivity index (χ0v) is 18.9. The van der Waals surface area contributed by atoms with E-state index in [1.54, 1.807) is 7.11 Å². The minimum absolute atomic E-state index is 0.597. The number of hydrogen-bond donors (Lipinski definition) is 2. The molecule has 0 heterocycles. The Morgan fingerprint density at radius 1 is 1.20 bits per heavy atom. The molecule has 0 amide bonds. The fourth-order valence-electron chi connectivity index (χ4n) is 4.73. The summed E-state index contributed by atoms with van der Waals surface area (Å²) < 4.78 is 5.35. The highest BCUT2D eigenvalue weighted by Crippen LogP contribution is 2.41. The lowest BCUT2D eigenvalue weighted by Crippen LogP contribution is -2.36. The summed E-state index contributed by atoms with van der Waals surface area (Å²) in [7, 11) is 1.78. The number of rotatable bonds is 11. The Morgan fingerprint density at radius 3 is 2.53 bits per heavy atom. The predicted octanol–water partition coefficient (Wildman–Crippen LogP) is 5.53. The average Bonchev–Trinajstić information content (AvgIpc) is 3.50. The molecule has 0 spiro atoms. The van der Waals surface area contributed by atoms with Crippen LogP contribution in [0, 0.1) is 17.3 Å². The molecular weight excluding hydrogens is 374 g/mol. The van der Waals surface area contributed by atoms with Crippen molar-refractivity contribution in [3.63, 3.8) is 0 Å². The number of ether oxygens (including phenoxy) is 1. The maximum Gasteiger partial charge on any atom is 0.309 e. The lowest BCUT2D eigenvalue weighted by atomic mass is 9.78. The van der Waals surface area contributed by atoms with E-state index in [9.17, 15) is 9.90 Å². The van der Waals surface area contributed by atoms with Crippen LogP contribution in [0.15, 0.2) is 35.9 Å². The number of hydrogen-bond acceptors (Lipinski definition) is 3. The summed E-state index contributed by atoms with van der Waals surface area (Å²) in [5.41, 5.74) is 2.18. The molecule has 4 heteroatoms. The standard InChI is InChI=1S/C26H39NO3/c1-26(2,25(28)29)15-13-19-9-11-22(12-10-19)27-24-18-23(24)21(14-16-30-3)17-20-7-5-4-6-8-20/h4-8,17,19,22-24,27H,9-16,18H2,1-3H3,(H,28,29)/b21-17+/t19?,22?,23-,24+/m0/s1. The van der Waals surface area contributed by atoms with Crippen LogP contribution < -0.4 is 5.32 Å². The summed E-state index contributed by atoms with van der Waals surface area (Å²) in [5, 5.41) is 13.2. The van der Waals surface area contributed by atoms with Crippen molar-refractivity contribution in [3.8, 4) is 0 Å². The molecule has 2 aliphatic carbocycles. The molecule has 4 nitrogen and oxygen atoms in total. The number of methoxy groups -OCH3 is 1. The number of aliphatic carboxylic acids is 1. The lowest BCUT2D eigenvalue weighted by Gasteiger charge is -2.31. The van der Waals surface area contributed by atoms with Gasteiger partial charge < -0.3 is 15.2 Å². The summed E-state index contributed by atoms with van der Waals surface area (Å²) in [6, 6.07) is 11.8. The van der Waals surface area contributed by atoms with Crippen LogP contribution in [-0.4, -0.2) is 36.9 Å². The van der Waals surface area contributed by atoms with Gasteiger partial charge in [0.05, 0.1) is 5.41 Å². The van der Waals surface area contributed by atoms with Crippen molar-refractivity contribution in [1.82, 2.24) is 5.32 Å². The summed E-state index contributed by atoms with van der Waals surface area (Å²) >= 11 is 0. The number of carbonyl (C=O) groups is 1. The molecule has 30 heavy (non-hydrogen) atoms. The Labute approximate surface area is 182 Å². The van der Waals surface area contributed by atoms with Gasteiger partial charge in [-0.3, -0.25) is 4.79 Å². The van der Waals surface area contributed by atoms with E-state index in [1.807, 2.05) is 13.8 Å². The predicted molar refractivity (Wildman–Crippen MR) is 122 cm³/mol. The van der Waals surface area contributed by atoms with E-state index in [0.29, 0.717) is 23.9 Å². The molecular formula is C26H39NO3. The SMILES string of the molecule is COCC/C(=C\c1ccccc1)[C@@H]1C[C@H]1NC1CCC(CCC(C)(C)C(=O)O)CC1. The second kappa shape index (κ2) is 10.6. The van der Waals surface area contributed by atoms with Gasteiger partial charge in [0.15, 0.2) is 0 Å². The zero-order valence-electron chi connectivity index (χ0n) is 18.9. The number of carboxylic acids is 1. The van der Waals surface area contributed by atoms with E-state index in [1.165, 1.54) is 43.2 Å².